The van der Waals surface area contributed by atoms with Crippen LogP contribution in [-0.2, 0) is 0 Å². The fourth-order valence-electron chi connectivity index (χ4n) is 0.875. The maximum Gasteiger partial charge on any atom is 0.0170 e. The summed E-state index contributed by atoms with van der Waals surface area (Å²) in [5.41, 5.74) is 1.44. The van der Waals surface area contributed by atoms with Crippen LogP contribution in [0.15, 0.2) is 34.9 Å². The topological polar surface area (TPSA) is 0 Å². The van der Waals surface area contributed by atoms with Crippen LogP contribution in [0.4, 0.5) is 0 Å². The van der Waals surface area contributed by atoms with Crippen LogP contribution >= 0.6 is 15.9 Å². The summed E-state index contributed by atoms with van der Waals surface area (Å²) in [5, 5.41) is 0. The van der Waals surface area contributed by atoms with E-state index in [2.05, 4.69) is 34.7 Å². The van der Waals surface area contributed by atoms with Gasteiger partial charge in [0.15, 0.2) is 0 Å². The minimum absolute atomic E-state index is 1.01. The van der Waals surface area contributed by atoms with Crippen molar-refractivity contribution >= 4 is 15.9 Å². The number of hydrogen-bond acceptors (Lipinski definition) is 0. The Morgan fingerprint density at radius 2 is 2.56 bits per heavy atom. The Hall–Kier alpha value is -0.300. The van der Waals surface area contributed by atoms with E-state index in [0.29, 0.717) is 0 Å². The van der Waals surface area contributed by atoms with Crippen LogP contribution in [-0.4, -0.2) is 0 Å². The third-order valence-electron chi connectivity index (χ3n) is 1.36. The van der Waals surface area contributed by atoms with Gasteiger partial charge in [-0.1, -0.05) is 34.2 Å². The molecule has 0 amide bonds. The fourth-order valence-corrected chi connectivity index (χ4v) is 1.39. The molecule has 0 bridgehead atoms. The van der Waals surface area contributed by atoms with Gasteiger partial charge in [0.05, 0.1) is 0 Å². The molecule has 0 unspecified atom stereocenters. The van der Waals surface area contributed by atoms with Crippen LogP contribution in [0.25, 0.3) is 0 Å². The Balaban J connectivity index is 2.61. The largest absolute Gasteiger partial charge is 0.103 e. The Kier molecular flexibility index (Phi) is 2.29. The highest BCUT2D eigenvalue weighted by atomic mass is 79.9. The lowest BCUT2D eigenvalue weighted by Crippen LogP contribution is -1.74. The zero-order valence-electron chi connectivity index (χ0n) is 5.23. The quantitative estimate of drug-likeness (QED) is 0.579. The highest BCUT2D eigenvalue weighted by Gasteiger charge is 2.02. The van der Waals surface area contributed by atoms with E-state index >= 15 is 0 Å². The molecule has 1 heteroatoms. The van der Waals surface area contributed by atoms with Gasteiger partial charge in [-0.2, -0.15) is 0 Å². The van der Waals surface area contributed by atoms with Crippen molar-refractivity contribution in [1.29, 1.82) is 0 Å². The van der Waals surface area contributed by atoms with E-state index in [4.69, 9.17) is 0 Å². The summed E-state index contributed by atoms with van der Waals surface area (Å²) in [6.07, 6.45) is 8.28. The van der Waals surface area contributed by atoms with Gasteiger partial charge in [0.1, 0.15) is 0 Å². The van der Waals surface area contributed by atoms with Crippen molar-refractivity contribution in [1.82, 2.24) is 0 Å². The van der Waals surface area contributed by atoms with Crippen molar-refractivity contribution in [3.8, 4) is 0 Å². The second kappa shape index (κ2) is 3.02. The zero-order valence-corrected chi connectivity index (χ0v) is 6.82. The van der Waals surface area contributed by atoms with Gasteiger partial charge in [-0.3, -0.25) is 0 Å². The summed E-state index contributed by atoms with van der Waals surface area (Å²) in [7, 11) is 0. The normalized spacial score (nSPS) is 17.0. The molecule has 48 valence electrons. The average molecular weight is 185 g/mol. The third-order valence-corrected chi connectivity index (χ3v) is 2.18. The van der Waals surface area contributed by atoms with Crippen LogP contribution in [0, 0.1) is 0 Å². The van der Waals surface area contributed by atoms with Crippen molar-refractivity contribution in [2.24, 2.45) is 0 Å². The minimum Gasteiger partial charge on any atom is -0.103 e. The molecule has 0 saturated heterocycles. The summed E-state index contributed by atoms with van der Waals surface area (Å²) < 4.78 is 1.24. The Morgan fingerprint density at radius 1 is 1.78 bits per heavy atom. The molecule has 0 N–H and O–H groups in total. The number of halogens is 1. The van der Waals surface area contributed by atoms with E-state index in [1.807, 2.05) is 6.08 Å². The van der Waals surface area contributed by atoms with Gasteiger partial charge < -0.3 is 0 Å². The molecule has 0 aromatic heterocycles. The molecule has 0 fully saturated rings. The maximum absolute atomic E-state index is 3.68. The lowest BCUT2D eigenvalue weighted by atomic mass is 10.2. The van der Waals surface area contributed by atoms with Gasteiger partial charge in [0, 0.05) is 4.48 Å². The Bertz CT molecular complexity index is 175. The van der Waals surface area contributed by atoms with E-state index < -0.39 is 0 Å². The first-order valence-corrected chi connectivity index (χ1v) is 3.79. The van der Waals surface area contributed by atoms with Gasteiger partial charge in [0.2, 0.25) is 0 Å². The van der Waals surface area contributed by atoms with Crippen LogP contribution in [0.2, 0.25) is 0 Å². The van der Waals surface area contributed by atoms with Crippen molar-refractivity contribution in [2.75, 3.05) is 0 Å². The van der Waals surface area contributed by atoms with E-state index in [1.54, 1.807) is 0 Å². The van der Waals surface area contributed by atoms with Crippen LogP contribution in [0.3, 0.4) is 0 Å². The zero-order chi connectivity index (χ0) is 6.69. The van der Waals surface area contributed by atoms with E-state index in [-0.39, 0.29) is 0 Å². The molecule has 1 aliphatic carbocycles. The van der Waals surface area contributed by atoms with Gasteiger partial charge in [-0.15, -0.1) is 6.58 Å². The third kappa shape index (κ3) is 1.55. The molecular formula is C8H9Br. The van der Waals surface area contributed by atoms with Crippen molar-refractivity contribution in [3.05, 3.63) is 34.9 Å². The first-order chi connectivity index (χ1) is 4.34. The SMILES string of the molecule is C=CCC1=C(Br)C=CC1. The minimum atomic E-state index is 1.01. The van der Waals surface area contributed by atoms with E-state index in [9.17, 15) is 0 Å². The second-order valence-corrected chi connectivity index (χ2v) is 2.91. The molecule has 0 atom stereocenters. The summed E-state index contributed by atoms with van der Waals surface area (Å²) in [4.78, 5) is 0. The van der Waals surface area contributed by atoms with Gasteiger partial charge in [-0.05, 0) is 18.4 Å². The average Bonchev–Trinajstić information content (AvgIpc) is 2.18. The molecule has 1 aliphatic rings. The lowest BCUT2D eigenvalue weighted by molar-refractivity contribution is 1.14. The van der Waals surface area contributed by atoms with Gasteiger partial charge in [0.25, 0.3) is 0 Å². The van der Waals surface area contributed by atoms with Crippen molar-refractivity contribution < 1.29 is 0 Å². The molecule has 0 aromatic rings. The molecule has 9 heavy (non-hydrogen) atoms. The molecule has 1 rings (SSSR count). The van der Waals surface area contributed by atoms with Gasteiger partial charge >= 0.3 is 0 Å². The van der Waals surface area contributed by atoms with Crippen LogP contribution < -0.4 is 0 Å². The first-order valence-electron chi connectivity index (χ1n) is 2.99. The Morgan fingerprint density at radius 3 is 3.00 bits per heavy atom. The molecule has 0 aromatic carbocycles. The van der Waals surface area contributed by atoms with Crippen LogP contribution in [0.1, 0.15) is 12.8 Å². The summed E-state index contributed by atoms with van der Waals surface area (Å²) in [5.74, 6) is 0. The van der Waals surface area contributed by atoms with Gasteiger partial charge in [-0.25, -0.2) is 0 Å². The molecule has 0 spiro atoms. The summed E-state index contributed by atoms with van der Waals surface area (Å²) in [6, 6.07) is 0. The highest BCUT2D eigenvalue weighted by Crippen LogP contribution is 2.26. The van der Waals surface area contributed by atoms with E-state index in [0.717, 1.165) is 12.8 Å². The molecular weight excluding hydrogens is 176 g/mol. The second-order valence-electron chi connectivity index (χ2n) is 2.05. The number of rotatable bonds is 2. The van der Waals surface area contributed by atoms with Crippen molar-refractivity contribution in [2.45, 2.75) is 12.8 Å². The Labute approximate surface area is 64.1 Å². The summed E-state index contributed by atoms with van der Waals surface area (Å²) >= 11 is 3.45. The number of hydrogen-bond donors (Lipinski definition) is 0. The van der Waals surface area contributed by atoms with E-state index in [1.165, 1.54) is 10.1 Å². The molecule has 0 heterocycles. The lowest BCUT2D eigenvalue weighted by Gasteiger charge is -1.94. The molecule has 0 aliphatic heterocycles. The predicted octanol–water partition coefficient (Wildman–Crippen LogP) is 3.17. The number of allylic oxidation sites excluding steroid dienone is 5. The summed E-state index contributed by atoms with van der Waals surface area (Å²) in [6.45, 7) is 3.68. The monoisotopic (exact) mass is 184 g/mol. The molecule has 0 nitrogen and oxygen atoms in total. The fraction of sp³-hybridized carbons (Fsp3) is 0.250. The first kappa shape index (κ1) is 6.81. The highest BCUT2D eigenvalue weighted by molar-refractivity contribution is 9.11. The predicted molar refractivity (Wildman–Crippen MR) is 44.5 cm³/mol. The molecule has 0 radical (unpaired) electrons. The van der Waals surface area contributed by atoms with Crippen LogP contribution in [0.5, 0.6) is 0 Å². The maximum atomic E-state index is 3.68. The standard InChI is InChI=1S/C8H9Br/c1-2-4-7-5-3-6-8(7)9/h2-3,6H,1,4-5H2. The smallest absolute Gasteiger partial charge is 0.0170 e. The molecule has 0 saturated carbocycles. The van der Waals surface area contributed by atoms with Crippen molar-refractivity contribution in [3.63, 3.8) is 0 Å².